The van der Waals surface area contributed by atoms with Crippen molar-refractivity contribution in [2.45, 2.75) is 67.2 Å². The Morgan fingerprint density at radius 3 is 1.42 bits per heavy atom. The van der Waals surface area contributed by atoms with E-state index in [1.165, 1.54) is 4.90 Å². The highest BCUT2D eigenvalue weighted by molar-refractivity contribution is 6.22. The fourth-order valence-corrected chi connectivity index (χ4v) is 5.17. The van der Waals surface area contributed by atoms with E-state index in [0.717, 1.165) is 12.2 Å². The van der Waals surface area contributed by atoms with Crippen molar-refractivity contribution in [1.29, 1.82) is 0 Å². The second-order valence-corrected chi connectivity index (χ2v) is 11.8. The van der Waals surface area contributed by atoms with E-state index in [2.05, 4.69) is 9.98 Å². The normalized spacial score (nSPS) is 21.3. The van der Waals surface area contributed by atoms with E-state index in [4.69, 9.17) is 5.11 Å². The number of rotatable bonds is 10. The van der Waals surface area contributed by atoms with Crippen molar-refractivity contribution < 1.29 is 33.9 Å². The average molecular weight is 530 g/mol. The highest BCUT2D eigenvalue weighted by Gasteiger charge is 2.41. The minimum Gasteiger partial charge on any atom is -0.478 e. The Morgan fingerprint density at radius 1 is 0.763 bits per heavy atom. The van der Waals surface area contributed by atoms with Crippen molar-refractivity contribution in [3.05, 3.63) is 12.2 Å². The fraction of sp³-hybridized carbons (Fsp3) is 0.643. The molecule has 2 saturated carbocycles. The molecule has 0 bridgehead atoms. The summed E-state index contributed by atoms with van der Waals surface area (Å²) >= 11 is 0. The molecule has 0 unspecified atom stereocenters. The lowest BCUT2D eigenvalue weighted by Gasteiger charge is -2.32. The van der Waals surface area contributed by atoms with Crippen molar-refractivity contribution in [2.75, 3.05) is 26.2 Å². The van der Waals surface area contributed by atoms with Crippen molar-refractivity contribution in [1.82, 2.24) is 4.90 Å². The van der Waals surface area contributed by atoms with Crippen LogP contribution in [0.5, 0.6) is 0 Å². The number of carbonyl (C=O) groups excluding carboxylic acids is 5. The molecule has 0 aromatic rings. The van der Waals surface area contributed by atoms with Crippen LogP contribution in [0.1, 0.15) is 67.2 Å². The molecule has 2 fully saturated rings. The molecule has 10 nitrogen and oxygen atoms in total. The van der Waals surface area contributed by atoms with E-state index in [9.17, 15) is 28.8 Å². The molecule has 1 N–H and O–H groups in total. The third-order valence-electron chi connectivity index (χ3n) is 6.88. The van der Waals surface area contributed by atoms with Gasteiger partial charge < -0.3 is 10.0 Å². The average Bonchev–Trinajstić information content (AvgIpc) is 2.73. The van der Waals surface area contributed by atoms with Crippen LogP contribution in [0.4, 0.5) is 0 Å². The quantitative estimate of drug-likeness (QED) is 0.259. The molecule has 208 valence electrons. The van der Waals surface area contributed by atoms with Crippen LogP contribution in [0.3, 0.4) is 0 Å². The fourth-order valence-electron chi connectivity index (χ4n) is 5.17. The van der Waals surface area contributed by atoms with Gasteiger partial charge in [-0.15, -0.1) is 0 Å². The number of aliphatic carboxylic acids is 1. The van der Waals surface area contributed by atoms with Crippen molar-refractivity contribution in [3.8, 4) is 0 Å². The second kappa shape index (κ2) is 12.5. The molecular formula is C28H39N3O7. The predicted octanol–water partition coefficient (Wildman–Crippen LogP) is 2.53. The summed E-state index contributed by atoms with van der Waals surface area (Å²) in [5.41, 5.74) is 0.0591. The van der Waals surface area contributed by atoms with Gasteiger partial charge in [0.05, 0.1) is 13.1 Å². The van der Waals surface area contributed by atoms with E-state index in [1.807, 2.05) is 27.7 Å². The van der Waals surface area contributed by atoms with Gasteiger partial charge in [-0.1, -0.05) is 27.7 Å². The van der Waals surface area contributed by atoms with Crippen LogP contribution in [0.2, 0.25) is 0 Å². The third kappa shape index (κ3) is 8.63. The van der Waals surface area contributed by atoms with Gasteiger partial charge in [0, 0.05) is 62.3 Å². The van der Waals surface area contributed by atoms with Gasteiger partial charge in [-0.3, -0.25) is 34.0 Å². The highest BCUT2D eigenvalue weighted by atomic mass is 16.4. The van der Waals surface area contributed by atoms with Gasteiger partial charge >= 0.3 is 5.97 Å². The summed E-state index contributed by atoms with van der Waals surface area (Å²) in [6, 6.07) is 0. The Labute approximate surface area is 223 Å². The van der Waals surface area contributed by atoms with Crippen LogP contribution >= 0.6 is 0 Å². The smallest absolute Gasteiger partial charge is 0.328 e. The maximum atomic E-state index is 12.6. The van der Waals surface area contributed by atoms with Gasteiger partial charge in [-0.05, 0) is 24.7 Å². The number of carboxylic acid groups (broad SMARTS) is 1. The van der Waals surface area contributed by atoms with Crippen molar-refractivity contribution >= 4 is 46.4 Å². The molecule has 10 heteroatoms. The summed E-state index contributed by atoms with van der Waals surface area (Å²) in [6.45, 7) is 11.2. The highest BCUT2D eigenvalue weighted by Crippen LogP contribution is 2.35. The van der Waals surface area contributed by atoms with Crippen LogP contribution in [-0.2, 0) is 28.8 Å². The Kier molecular flexibility index (Phi) is 10.2. The molecule has 0 heterocycles. The molecule has 1 amide bonds. The second-order valence-electron chi connectivity index (χ2n) is 11.8. The van der Waals surface area contributed by atoms with Crippen molar-refractivity contribution in [3.63, 3.8) is 0 Å². The number of aliphatic imine (C=N–C) groups is 2. The van der Waals surface area contributed by atoms with Gasteiger partial charge in [0.1, 0.15) is 35.0 Å². The monoisotopic (exact) mass is 529 g/mol. The summed E-state index contributed by atoms with van der Waals surface area (Å²) in [7, 11) is 0. The largest absolute Gasteiger partial charge is 0.478 e. The van der Waals surface area contributed by atoms with E-state index in [0.29, 0.717) is 37.1 Å². The van der Waals surface area contributed by atoms with Crippen LogP contribution in [0.25, 0.3) is 0 Å². The summed E-state index contributed by atoms with van der Waals surface area (Å²) in [4.78, 5) is 83.8. The van der Waals surface area contributed by atoms with Gasteiger partial charge in [0.15, 0.2) is 0 Å². The summed E-state index contributed by atoms with van der Waals surface area (Å²) < 4.78 is 0. The van der Waals surface area contributed by atoms with Crippen LogP contribution in [0.15, 0.2) is 22.1 Å². The first-order valence-electron chi connectivity index (χ1n) is 12.9. The third-order valence-corrected chi connectivity index (χ3v) is 6.88. The molecule has 2 rings (SSSR count). The number of carboxylic acids is 1. The predicted molar refractivity (Wildman–Crippen MR) is 142 cm³/mol. The Hall–Kier alpha value is -3.30. The van der Waals surface area contributed by atoms with Gasteiger partial charge in [0.2, 0.25) is 5.91 Å². The molecule has 2 aliphatic rings. The minimum absolute atomic E-state index is 0.102. The zero-order valence-electron chi connectivity index (χ0n) is 23.2. The zero-order valence-corrected chi connectivity index (χ0v) is 23.2. The number of hydrogen-bond donors (Lipinski definition) is 1. The number of carbonyl (C=O) groups is 6. The van der Waals surface area contributed by atoms with Crippen molar-refractivity contribution in [2.24, 2.45) is 32.7 Å². The lowest BCUT2D eigenvalue weighted by molar-refractivity contribution is -0.138. The Bertz CT molecular complexity index is 990. The molecule has 0 atom stereocenters. The van der Waals surface area contributed by atoms with Gasteiger partial charge in [-0.2, -0.15) is 0 Å². The standard InChI is InChI=1S/C28H39N3O7/c1-17(25-19(32)13-27(3,4)14-20(25)33)29-9-11-31(23(36)7-8-24(37)38)12-10-30-18(2)26-21(34)15-28(5,6)16-22(26)35/h7-8,25-26H,9-16H2,1-6H3,(H,37,38). The van der Waals surface area contributed by atoms with Crippen LogP contribution in [0, 0.1) is 22.7 Å². The number of Topliss-reactive ketones (excluding diaryl/α,β-unsaturated/α-hetero) is 4. The lowest BCUT2D eigenvalue weighted by Crippen LogP contribution is -2.41. The molecular weight excluding hydrogens is 490 g/mol. The summed E-state index contributed by atoms with van der Waals surface area (Å²) in [6.07, 6.45) is 2.84. The number of ketones is 4. The SMILES string of the molecule is CC(=NCCN(CCN=C(C)C1C(=O)CC(C)(C)CC1=O)C(=O)C=CC(=O)O)C1C(=O)CC(C)(C)CC1=O. The maximum absolute atomic E-state index is 12.6. The first-order chi connectivity index (χ1) is 17.5. The lowest BCUT2D eigenvalue weighted by atomic mass is 9.70. The van der Waals surface area contributed by atoms with E-state index in [1.54, 1.807) is 13.8 Å². The minimum atomic E-state index is -1.27. The molecule has 0 aliphatic heterocycles. The maximum Gasteiger partial charge on any atom is 0.328 e. The first-order valence-corrected chi connectivity index (χ1v) is 12.9. The molecule has 38 heavy (non-hydrogen) atoms. The topological polar surface area (TPSA) is 151 Å². The molecule has 0 aromatic carbocycles. The number of hydrogen-bond acceptors (Lipinski definition) is 8. The summed E-state index contributed by atoms with van der Waals surface area (Å²) in [5.74, 6) is -4.23. The van der Waals surface area contributed by atoms with E-state index >= 15 is 0 Å². The molecule has 0 saturated heterocycles. The molecule has 0 spiro atoms. The first kappa shape index (κ1) is 30.9. The van der Waals surface area contributed by atoms with Gasteiger partial charge in [-0.25, -0.2) is 4.79 Å². The zero-order chi connectivity index (χ0) is 28.8. The van der Waals surface area contributed by atoms with Gasteiger partial charge in [0.25, 0.3) is 0 Å². The number of amides is 1. The summed E-state index contributed by atoms with van der Waals surface area (Å²) in [5, 5.41) is 8.87. The van der Waals surface area contributed by atoms with Crippen LogP contribution < -0.4 is 0 Å². The number of nitrogens with zero attached hydrogens (tertiary/aromatic N) is 3. The Morgan fingerprint density at radius 2 is 1.11 bits per heavy atom. The Balaban J connectivity index is 2.08. The van der Waals surface area contributed by atoms with E-state index < -0.39 is 23.7 Å². The molecule has 0 aromatic heterocycles. The van der Waals surface area contributed by atoms with E-state index in [-0.39, 0.29) is 60.1 Å². The molecule has 2 aliphatic carbocycles. The van der Waals surface area contributed by atoms with Crippen LogP contribution in [-0.4, -0.2) is 82.6 Å². The molecule has 0 radical (unpaired) electrons.